The first-order valence-corrected chi connectivity index (χ1v) is 6.47. The van der Waals surface area contributed by atoms with Crippen molar-refractivity contribution >= 4 is 17.8 Å². The van der Waals surface area contributed by atoms with E-state index in [0.717, 1.165) is 0 Å². The quantitative estimate of drug-likeness (QED) is 0.777. The first kappa shape index (κ1) is 15.5. The lowest BCUT2D eigenvalue weighted by Crippen LogP contribution is -2.51. The lowest BCUT2D eigenvalue weighted by molar-refractivity contribution is -0.145. The monoisotopic (exact) mass is 270 g/mol. The fraction of sp³-hybridized carbons (Fsp3) is 0.769. The molecule has 2 unspecified atom stereocenters. The number of carbonyl (C=O) groups is 3. The molecule has 0 saturated carbocycles. The zero-order valence-corrected chi connectivity index (χ0v) is 11.9. The van der Waals surface area contributed by atoms with E-state index in [1.807, 2.05) is 6.92 Å². The van der Waals surface area contributed by atoms with Crippen LogP contribution in [0, 0.1) is 11.3 Å². The van der Waals surface area contributed by atoms with Crippen LogP contribution >= 0.6 is 0 Å². The van der Waals surface area contributed by atoms with Crippen molar-refractivity contribution in [2.45, 2.75) is 40.2 Å². The second-order valence-corrected chi connectivity index (χ2v) is 5.98. The summed E-state index contributed by atoms with van der Waals surface area (Å²) in [5.41, 5.74) is -0.575. The van der Waals surface area contributed by atoms with Crippen LogP contribution in [0.5, 0.6) is 0 Å². The van der Waals surface area contributed by atoms with Gasteiger partial charge in [-0.3, -0.25) is 9.59 Å². The Bertz CT molecular complexity index is 387. The lowest BCUT2D eigenvalue weighted by Gasteiger charge is -2.28. The van der Waals surface area contributed by atoms with Crippen molar-refractivity contribution < 1.29 is 19.5 Å². The van der Waals surface area contributed by atoms with Crippen LogP contribution in [-0.4, -0.2) is 46.9 Å². The molecule has 0 aliphatic carbocycles. The van der Waals surface area contributed by atoms with Crippen LogP contribution in [0.3, 0.4) is 0 Å². The molecule has 1 fully saturated rings. The SMILES string of the molecule is CCN1CC(C(=O)NC(C(=O)O)C(C)(C)C)CC1=O. The molecule has 6 nitrogen and oxygen atoms in total. The molecule has 1 aliphatic rings. The first-order valence-electron chi connectivity index (χ1n) is 6.47. The Morgan fingerprint density at radius 2 is 2.05 bits per heavy atom. The van der Waals surface area contributed by atoms with E-state index in [4.69, 9.17) is 5.11 Å². The summed E-state index contributed by atoms with van der Waals surface area (Å²) in [7, 11) is 0. The van der Waals surface area contributed by atoms with Crippen LogP contribution in [0.1, 0.15) is 34.1 Å². The molecule has 0 radical (unpaired) electrons. The largest absolute Gasteiger partial charge is 0.480 e. The highest BCUT2D eigenvalue weighted by atomic mass is 16.4. The molecule has 1 aliphatic heterocycles. The van der Waals surface area contributed by atoms with Crippen molar-refractivity contribution in [1.29, 1.82) is 0 Å². The Morgan fingerprint density at radius 1 is 1.47 bits per heavy atom. The Labute approximate surface area is 113 Å². The van der Waals surface area contributed by atoms with Crippen molar-refractivity contribution in [2.24, 2.45) is 11.3 Å². The molecule has 1 heterocycles. The van der Waals surface area contributed by atoms with Gasteiger partial charge >= 0.3 is 5.97 Å². The van der Waals surface area contributed by atoms with Crippen molar-refractivity contribution in [3.8, 4) is 0 Å². The number of aliphatic carboxylic acids is 1. The van der Waals surface area contributed by atoms with Gasteiger partial charge in [-0.1, -0.05) is 20.8 Å². The van der Waals surface area contributed by atoms with Gasteiger partial charge in [-0.25, -0.2) is 4.79 Å². The van der Waals surface area contributed by atoms with Gasteiger partial charge in [0.05, 0.1) is 5.92 Å². The van der Waals surface area contributed by atoms with Gasteiger partial charge in [0.1, 0.15) is 6.04 Å². The topological polar surface area (TPSA) is 86.7 Å². The van der Waals surface area contributed by atoms with E-state index in [0.29, 0.717) is 13.1 Å². The minimum atomic E-state index is -1.06. The van der Waals surface area contributed by atoms with E-state index >= 15 is 0 Å². The van der Waals surface area contributed by atoms with E-state index in [9.17, 15) is 14.4 Å². The number of hydrogen-bond donors (Lipinski definition) is 2. The predicted molar refractivity (Wildman–Crippen MR) is 69.4 cm³/mol. The molecule has 0 aromatic carbocycles. The van der Waals surface area contributed by atoms with Gasteiger partial charge in [-0.15, -0.1) is 0 Å². The third-order valence-corrected chi connectivity index (χ3v) is 3.37. The van der Waals surface area contributed by atoms with Gasteiger partial charge in [-0.05, 0) is 12.3 Å². The highest BCUT2D eigenvalue weighted by Gasteiger charge is 2.38. The maximum absolute atomic E-state index is 12.1. The van der Waals surface area contributed by atoms with Crippen molar-refractivity contribution in [3.05, 3.63) is 0 Å². The lowest BCUT2D eigenvalue weighted by atomic mass is 9.86. The minimum absolute atomic E-state index is 0.0507. The molecule has 2 amide bonds. The smallest absolute Gasteiger partial charge is 0.326 e. The number of hydrogen-bond acceptors (Lipinski definition) is 3. The second-order valence-electron chi connectivity index (χ2n) is 5.98. The summed E-state index contributed by atoms with van der Waals surface area (Å²) in [5.74, 6) is -1.91. The zero-order valence-electron chi connectivity index (χ0n) is 11.9. The molecule has 19 heavy (non-hydrogen) atoms. The number of likely N-dealkylation sites (tertiary alicyclic amines) is 1. The standard InChI is InChI=1S/C13H22N2O4/c1-5-15-7-8(6-9(15)16)11(17)14-10(12(18)19)13(2,3)4/h8,10H,5-7H2,1-4H3,(H,14,17)(H,18,19). The number of carboxylic acids is 1. The highest BCUT2D eigenvalue weighted by molar-refractivity contribution is 5.91. The van der Waals surface area contributed by atoms with Gasteiger partial charge in [-0.2, -0.15) is 0 Å². The van der Waals surface area contributed by atoms with E-state index in [1.165, 1.54) is 0 Å². The predicted octanol–water partition coefficient (Wildman–Crippen LogP) is 0.470. The molecule has 0 spiro atoms. The van der Waals surface area contributed by atoms with Crippen molar-refractivity contribution in [2.75, 3.05) is 13.1 Å². The molecule has 0 aromatic rings. The summed E-state index contributed by atoms with van der Waals surface area (Å²) in [6, 6.07) is -0.953. The molecule has 2 N–H and O–H groups in total. The van der Waals surface area contributed by atoms with Gasteiger partial charge in [0.15, 0.2) is 0 Å². The molecular formula is C13H22N2O4. The van der Waals surface area contributed by atoms with E-state index in [2.05, 4.69) is 5.32 Å². The van der Waals surface area contributed by atoms with E-state index in [1.54, 1.807) is 25.7 Å². The van der Waals surface area contributed by atoms with Crippen LogP contribution in [0.2, 0.25) is 0 Å². The summed E-state index contributed by atoms with van der Waals surface area (Å²) in [4.78, 5) is 36.4. The molecule has 6 heteroatoms. The molecule has 108 valence electrons. The molecule has 0 bridgehead atoms. The Kier molecular flexibility index (Phi) is 4.55. The molecule has 1 rings (SSSR count). The number of rotatable bonds is 4. The number of nitrogens with zero attached hydrogens (tertiary/aromatic N) is 1. The molecular weight excluding hydrogens is 248 g/mol. The molecule has 2 atom stereocenters. The Hall–Kier alpha value is -1.59. The minimum Gasteiger partial charge on any atom is -0.480 e. The van der Waals surface area contributed by atoms with Crippen molar-refractivity contribution in [1.82, 2.24) is 10.2 Å². The number of amides is 2. The van der Waals surface area contributed by atoms with Gasteiger partial charge in [0, 0.05) is 19.5 Å². The summed E-state index contributed by atoms with van der Waals surface area (Å²) < 4.78 is 0. The molecule has 1 saturated heterocycles. The maximum atomic E-state index is 12.1. The number of carboxylic acid groups (broad SMARTS) is 1. The highest BCUT2D eigenvalue weighted by Crippen LogP contribution is 2.22. The van der Waals surface area contributed by atoms with Crippen LogP contribution in [0.15, 0.2) is 0 Å². The summed E-state index contributed by atoms with van der Waals surface area (Å²) in [6.45, 7) is 8.06. The average molecular weight is 270 g/mol. The zero-order chi connectivity index (χ0) is 14.8. The normalized spacial score (nSPS) is 21.4. The maximum Gasteiger partial charge on any atom is 0.326 e. The first-order chi connectivity index (χ1) is 8.66. The Balaban J connectivity index is 2.69. The van der Waals surface area contributed by atoms with Gasteiger partial charge in [0.25, 0.3) is 0 Å². The van der Waals surface area contributed by atoms with Crippen LogP contribution in [0.4, 0.5) is 0 Å². The Morgan fingerprint density at radius 3 is 2.42 bits per heavy atom. The van der Waals surface area contributed by atoms with Crippen LogP contribution in [-0.2, 0) is 14.4 Å². The summed E-state index contributed by atoms with van der Waals surface area (Å²) in [5, 5.41) is 11.7. The van der Waals surface area contributed by atoms with Gasteiger partial charge < -0.3 is 15.3 Å². The second kappa shape index (κ2) is 5.59. The fourth-order valence-corrected chi connectivity index (χ4v) is 2.16. The van der Waals surface area contributed by atoms with Crippen LogP contribution < -0.4 is 5.32 Å². The summed E-state index contributed by atoms with van der Waals surface area (Å²) >= 11 is 0. The van der Waals surface area contributed by atoms with E-state index in [-0.39, 0.29) is 18.2 Å². The number of carbonyl (C=O) groups excluding carboxylic acids is 2. The van der Waals surface area contributed by atoms with Crippen molar-refractivity contribution in [3.63, 3.8) is 0 Å². The average Bonchev–Trinajstić information content (AvgIpc) is 2.65. The number of nitrogens with one attached hydrogen (secondary N) is 1. The molecule has 0 aromatic heterocycles. The third-order valence-electron chi connectivity index (χ3n) is 3.37. The fourth-order valence-electron chi connectivity index (χ4n) is 2.16. The third kappa shape index (κ3) is 3.68. The van der Waals surface area contributed by atoms with E-state index < -0.39 is 23.3 Å². The van der Waals surface area contributed by atoms with Gasteiger partial charge in [0.2, 0.25) is 11.8 Å². The summed E-state index contributed by atoms with van der Waals surface area (Å²) in [6.07, 6.45) is 0.163. The van der Waals surface area contributed by atoms with Crippen LogP contribution in [0.25, 0.3) is 0 Å².